The lowest BCUT2D eigenvalue weighted by Crippen LogP contribution is -2.53. The van der Waals surface area contributed by atoms with E-state index in [2.05, 4.69) is 19.9 Å². The van der Waals surface area contributed by atoms with Gasteiger partial charge in [0, 0.05) is 35.3 Å². The van der Waals surface area contributed by atoms with E-state index in [1.807, 2.05) is 6.08 Å². The minimum absolute atomic E-state index is 0.00766. The fourth-order valence-corrected chi connectivity index (χ4v) is 8.57. The van der Waals surface area contributed by atoms with Crippen molar-refractivity contribution in [3.63, 3.8) is 0 Å². The minimum atomic E-state index is -4.23. The van der Waals surface area contributed by atoms with Crippen molar-refractivity contribution in [2.24, 2.45) is 22.7 Å². The second-order valence-corrected chi connectivity index (χ2v) is 11.7. The molecule has 0 amide bonds. The third kappa shape index (κ3) is 3.16. The number of fused-ring (bicyclic) bond motifs is 6. The summed E-state index contributed by atoms with van der Waals surface area (Å²) in [5.74, 6) is -0.688. The molecule has 6 atom stereocenters. The summed E-state index contributed by atoms with van der Waals surface area (Å²) in [5.41, 5.74) is 1.27. The molecule has 3 nitrogen and oxygen atoms in total. The van der Waals surface area contributed by atoms with E-state index in [-0.39, 0.29) is 39.7 Å². The first-order chi connectivity index (χ1) is 14.5. The molecule has 1 saturated heterocycles. The lowest BCUT2D eigenvalue weighted by molar-refractivity contribution is -0.160. The number of rotatable bonds is 2. The molecule has 2 saturated carbocycles. The van der Waals surface area contributed by atoms with Gasteiger partial charge in [-0.3, -0.25) is 9.59 Å². The number of ketones is 1. The summed E-state index contributed by atoms with van der Waals surface area (Å²) >= 11 is 0.964. The lowest BCUT2D eigenvalue weighted by Gasteiger charge is -2.56. The molecule has 7 heteroatoms. The molecule has 1 spiro atoms. The predicted molar refractivity (Wildman–Crippen MR) is 112 cm³/mol. The zero-order valence-electron chi connectivity index (χ0n) is 18.0. The Bertz CT molecular complexity index is 893. The predicted octanol–water partition coefficient (Wildman–Crippen LogP) is 5.79. The first-order valence-electron chi connectivity index (χ1n) is 11.3. The summed E-state index contributed by atoms with van der Waals surface area (Å²) in [6.07, 6.45) is 5.23. The standard InChI is InChI=1S/C24H29F3O3S/c1-21-7-3-15(28)11-14(21)12-18(31-13-24(25,26)27)20-16(21)4-8-22(2)17(20)5-9-23(22)10-6-19(29)30-23/h4,12,17-18,20H,3,5-11,13H2,1-2H3/t17?,18-,20?,21+,22+,23-/m1/s1. The van der Waals surface area contributed by atoms with E-state index in [0.29, 0.717) is 25.7 Å². The van der Waals surface area contributed by atoms with E-state index < -0.39 is 17.5 Å². The van der Waals surface area contributed by atoms with E-state index in [9.17, 15) is 22.8 Å². The Kier molecular flexibility index (Phi) is 4.79. The van der Waals surface area contributed by atoms with Crippen molar-refractivity contribution in [3.8, 4) is 0 Å². The summed E-state index contributed by atoms with van der Waals surface area (Å²) in [4.78, 5) is 24.2. The largest absolute Gasteiger partial charge is 0.458 e. The number of carbonyl (C=O) groups is 2. The number of hydrogen-bond donors (Lipinski definition) is 0. The Morgan fingerprint density at radius 3 is 2.61 bits per heavy atom. The van der Waals surface area contributed by atoms with Crippen molar-refractivity contribution >= 4 is 23.5 Å². The van der Waals surface area contributed by atoms with Crippen molar-refractivity contribution < 1.29 is 27.5 Å². The van der Waals surface area contributed by atoms with Crippen LogP contribution in [0.3, 0.4) is 0 Å². The highest BCUT2D eigenvalue weighted by Crippen LogP contribution is 2.68. The van der Waals surface area contributed by atoms with Crippen LogP contribution in [0.15, 0.2) is 23.3 Å². The summed E-state index contributed by atoms with van der Waals surface area (Å²) in [6.45, 7) is 4.37. The highest BCUT2D eigenvalue weighted by molar-refractivity contribution is 8.00. The van der Waals surface area contributed by atoms with Gasteiger partial charge in [-0.1, -0.05) is 37.1 Å². The molecule has 3 fully saturated rings. The maximum atomic E-state index is 13.2. The molecular formula is C24H29F3O3S. The molecule has 0 aromatic heterocycles. The van der Waals surface area contributed by atoms with Crippen LogP contribution in [0.1, 0.15) is 65.2 Å². The molecule has 0 aromatic rings. The number of carbonyl (C=O) groups excluding carboxylic acids is 2. The monoisotopic (exact) mass is 454 g/mol. The third-order valence-electron chi connectivity index (χ3n) is 9.10. The Balaban J connectivity index is 1.57. The average molecular weight is 455 g/mol. The molecule has 5 rings (SSSR count). The molecule has 0 bridgehead atoms. The number of ether oxygens (including phenoxy) is 1. The van der Waals surface area contributed by atoms with Crippen LogP contribution in [0.5, 0.6) is 0 Å². The normalized spacial score (nSPS) is 44.4. The van der Waals surface area contributed by atoms with Gasteiger partial charge in [-0.25, -0.2) is 0 Å². The highest BCUT2D eigenvalue weighted by Gasteiger charge is 2.66. The van der Waals surface area contributed by atoms with Crippen LogP contribution in [0.25, 0.3) is 0 Å². The van der Waals surface area contributed by atoms with Crippen molar-refractivity contribution in [3.05, 3.63) is 23.3 Å². The number of halogens is 3. The maximum absolute atomic E-state index is 13.2. The van der Waals surface area contributed by atoms with Gasteiger partial charge in [0.05, 0.1) is 5.75 Å². The van der Waals surface area contributed by atoms with Gasteiger partial charge >= 0.3 is 12.1 Å². The number of esters is 1. The van der Waals surface area contributed by atoms with Gasteiger partial charge in [0.25, 0.3) is 0 Å². The van der Waals surface area contributed by atoms with Crippen molar-refractivity contribution in [1.82, 2.24) is 0 Å². The number of hydrogen-bond acceptors (Lipinski definition) is 4. The number of thioether (sulfide) groups is 1. The van der Waals surface area contributed by atoms with E-state index in [0.717, 1.165) is 43.0 Å². The summed E-state index contributed by atoms with van der Waals surface area (Å²) in [5, 5.41) is -0.307. The molecule has 1 heterocycles. The van der Waals surface area contributed by atoms with Crippen molar-refractivity contribution in [1.29, 1.82) is 0 Å². The van der Waals surface area contributed by atoms with Gasteiger partial charge in [-0.15, -0.1) is 11.8 Å². The van der Waals surface area contributed by atoms with Crippen molar-refractivity contribution in [2.75, 3.05) is 5.75 Å². The van der Waals surface area contributed by atoms with Crippen molar-refractivity contribution in [2.45, 2.75) is 82.2 Å². The van der Waals surface area contributed by atoms with Crippen LogP contribution in [-0.2, 0) is 14.3 Å². The van der Waals surface area contributed by atoms with Gasteiger partial charge in [0.2, 0.25) is 0 Å². The van der Waals surface area contributed by atoms with Crippen LogP contribution in [0.2, 0.25) is 0 Å². The van der Waals surface area contributed by atoms with Gasteiger partial charge in [0.1, 0.15) is 11.4 Å². The molecule has 4 aliphatic carbocycles. The zero-order chi connectivity index (χ0) is 22.2. The summed E-state index contributed by atoms with van der Waals surface area (Å²) in [7, 11) is 0. The fourth-order valence-electron chi connectivity index (χ4n) is 7.38. The lowest BCUT2D eigenvalue weighted by atomic mass is 9.51. The van der Waals surface area contributed by atoms with E-state index >= 15 is 0 Å². The van der Waals surface area contributed by atoms with E-state index in [1.54, 1.807) is 0 Å². The zero-order valence-corrected chi connectivity index (χ0v) is 18.8. The van der Waals surface area contributed by atoms with Gasteiger partial charge < -0.3 is 4.74 Å². The van der Waals surface area contributed by atoms with E-state index in [4.69, 9.17) is 4.74 Å². The Morgan fingerprint density at radius 2 is 1.94 bits per heavy atom. The molecule has 0 aromatic carbocycles. The van der Waals surface area contributed by atoms with Gasteiger partial charge in [-0.05, 0) is 43.9 Å². The Morgan fingerprint density at radius 1 is 1.16 bits per heavy atom. The topological polar surface area (TPSA) is 43.4 Å². The Hall–Kier alpha value is -1.24. The summed E-state index contributed by atoms with van der Waals surface area (Å²) in [6, 6.07) is 0. The van der Waals surface area contributed by atoms with Crippen LogP contribution in [0, 0.1) is 22.7 Å². The Labute approximate surface area is 185 Å². The molecule has 1 aliphatic heterocycles. The molecule has 2 unspecified atom stereocenters. The second kappa shape index (κ2) is 6.88. The molecular weight excluding hydrogens is 425 g/mol. The quantitative estimate of drug-likeness (QED) is 0.391. The van der Waals surface area contributed by atoms with Crippen LogP contribution in [0.4, 0.5) is 13.2 Å². The first-order valence-corrected chi connectivity index (χ1v) is 12.4. The van der Waals surface area contributed by atoms with Crippen LogP contribution < -0.4 is 0 Å². The average Bonchev–Trinajstić information content (AvgIpc) is 3.21. The molecule has 31 heavy (non-hydrogen) atoms. The summed E-state index contributed by atoms with van der Waals surface area (Å²) < 4.78 is 45.4. The van der Waals surface area contributed by atoms with Gasteiger partial charge in [0.15, 0.2) is 0 Å². The molecule has 0 N–H and O–H groups in total. The van der Waals surface area contributed by atoms with Crippen LogP contribution in [-0.4, -0.2) is 34.5 Å². The van der Waals surface area contributed by atoms with E-state index in [1.165, 1.54) is 5.57 Å². The molecule has 170 valence electrons. The number of alkyl halides is 3. The van der Waals surface area contributed by atoms with Crippen LogP contribution >= 0.6 is 11.8 Å². The highest BCUT2D eigenvalue weighted by atomic mass is 32.2. The second-order valence-electron chi connectivity index (χ2n) is 10.6. The number of allylic oxidation sites excluding steroid dienone is 3. The molecule has 5 aliphatic rings. The first kappa shape index (κ1) is 21.6. The smallest absolute Gasteiger partial charge is 0.397 e. The minimum Gasteiger partial charge on any atom is -0.458 e. The molecule has 0 radical (unpaired) electrons. The van der Waals surface area contributed by atoms with Gasteiger partial charge in [-0.2, -0.15) is 13.2 Å². The number of Topliss-reactive ketones (excluding diaryl/α,β-unsaturated/α-hetero) is 1. The third-order valence-corrected chi connectivity index (χ3v) is 10.4. The SMILES string of the molecule is C[C@]12CCC(=O)CC1=C[C@@H](SCC(F)(F)F)C1C2=CC[C@@]2(C)C1CC[C@@]21CCC(=O)O1. The fraction of sp³-hybridized carbons (Fsp3) is 0.750. The maximum Gasteiger partial charge on any atom is 0.397 e.